The molecule has 0 saturated heterocycles. The zero-order valence-corrected chi connectivity index (χ0v) is 13.5. The van der Waals surface area contributed by atoms with Gasteiger partial charge in [-0.3, -0.25) is 4.79 Å². The summed E-state index contributed by atoms with van der Waals surface area (Å²) in [6.45, 7) is 2.61. The van der Waals surface area contributed by atoms with Crippen LogP contribution in [0.5, 0.6) is 0 Å². The SMILES string of the molecule is CC(NC(=O)[C@@H]1CCC[C@@H]1CN)c1ccccc1-n1cccn1. The summed E-state index contributed by atoms with van der Waals surface area (Å²) in [6, 6.07) is 9.85. The van der Waals surface area contributed by atoms with Crippen molar-refractivity contribution in [3.63, 3.8) is 0 Å². The number of hydrogen-bond acceptors (Lipinski definition) is 3. The molecule has 2 aromatic rings. The topological polar surface area (TPSA) is 72.9 Å². The highest BCUT2D eigenvalue weighted by Gasteiger charge is 2.32. The van der Waals surface area contributed by atoms with Crippen LogP contribution in [0.1, 0.15) is 37.8 Å². The highest BCUT2D eigenvalue weighted by atomic mass is 16.2. The summed E-state index contributed by atoms with van der Waals surface area (Å²) >= 11 is 0. The first-order valence-corrected chi connectivity index (χ1v) is 8.30. The summed E-state index contributed by atoms with van der Waals surface area (Å²) in [5.74, 6) is 0.503. The fourth-order valence-electron chi connectivity index (χ4n) is 3.54. The molecular formula is C18H24N4O. The second kappa shape index (κ2) is 6.96. The Morgan fingerprint density at radius 2 is 2.22 bits per heavy atom. The molecule has 0 spiro atoms. The van der Waals surface area contributed by atoms with Crippen LogP contribution in [0, 0.1) is 11.8 Å². The number of nitrogens with zero attached hydrogens (tertiary/aromatic N) is 2. The van der Waals surface area contributed by atoms with Crippen molar-refractivity contribution in [2.45, 2.75) is 32.2 Å². The maximum absolute atomic E-state index is 12.6. The zero-order chi connectivity index (χ0) is 16.2. The number of para-hydroxylation sites is 1. The molecule has 1 heterocycles. The average Bonchev–Trinajstić information content (AvgIpc) is 3.25. The second-order valence-electron chi connectivity index (χ2n) is 6.27. The average molecular weight is 312 g/mol. The van der Waals surface area contributed by atoms with Crippen molar-refractivity contribution in [1.29, 1.82) is 0 Å². The van der Waals surface area contributed by atoms with Crippen LogP contribution in [0.15, 0.2) is 42.7 Å². The van der Waals surface area contributed by atoms with Crippen LogP contribution in [-0.2, 0) is 4.79 Å². The van der Waals surface area contributed by atoms with Crippen molar-refractivity contribution >= 4 is 5.91 Å². The van der Waals surface area contributed by atoms with Gasteiger partial charge in [0.05, 0.1) is 11.7 Å². The number of rotatable bonds is 5. The van der Waals surface area contributed by atoms with Crippen LogP contribution in [-0.4, -0.2) is 22.2 Å². The molecule has 1 fully saturated rings. The third-order valence-electron chi connectivity index (χ3n) is 4.81. The van der Waals surface area contributed by atoms with Gasteiger partial charge in [-0.25, -0.2) is 4.68 Å². The molecule has 122 valence electrons. The first-order valence-electron chi connectivity index (χ1n) is 8.30. The molecule has 1 aromatic carbocycles. The van der Waals surface area contributed by atoms with Gasteiger partial charge in [0.25, 0.3) is 0 Å². The summed E-state index contributed by atoms with van der Waals surface area (Å²) in [5.41, 5.74) is 7.86. The molecule has 0 aliphatic heterocycles. The van der Waals surface area contributed by atoms with Crippen LogP contribution in [0.25, 0.3) is 5.69 Å². The summed E-state index contributed by atoms with van der Waals surface area (Å²) in [5, 5.41) is 7.47. The van der Waals surface area contributed by atoms with Crippen molar-refractivity contribution < 1.29 is 4.79 Å². The number of amides is 1. The molecule has 3 rings (SSSR count). The molecule has 1 amide bonds. The second-order valence-corrected chi connectivity index (χ2v) is 6.27. The van der Waals surface area contributed by atoms with E-state index in [1.54, 1.807) is 6.20 Å². The van der Waals surface area contributed by atoms with Crippen LogP contribution in [0.3, 0.4) is 0 Å². The summed E-state index contributed by atoms with van der Waals surface area (Å²) in [4.78, 5) is 12.6. The van der Waals surface area contributed by atoms with Gasteiger partial charge in [-0.15, -0.1) is 0 Å². The van der Waals surface area contributed by atoms with Crippen molar-refractivity contribution in [1.82, 2.24) is 15.1 Å². The molecule has 1 saturated carbocycles. The van der Waals surface area contributed by atoms with Gasteiger partial charge in [0.1, 0.15) is 0 Å². The molecule has 0 radical (unpaired) electrons. The number of carbonyl (C=O) groups is 1. The highest BCUT2D eigenvalue weighted by molar-refractivity contribution is 5.79. The molecule has 3 atom stereocenters. The van der Waals surface area contributed by atoms with Crippen molar-refractivity contribution in [2.75, 3.05) is 6.54 Å². The number of hydrogen-bond donors (Lipinski definition) is 2. The van der Waals surface area contributed by atoms with Crippen LogP contribution in [0.2, 0.25) is 0 Å². The highest BCUT2D eigenvalue weighted by Crippen LogP contribution is 2.32. The first-order chi connectivity index (χ1) is 11.2. The molecule has 3 N–H and O–H groups in total. The number of nitrogens with two attached hydrogens (primary N) is 1. The lowest BCUT2D eigenvalue weighted by molar-refractivity contribution is -0.126. The van der Waals surface area contributed by atoms with Crippen molar-refractivity contribution in [2.24, 2.45) is 17.6 Å². The lowest BCUT2D eigenvalue weighted by atomic mass is 9.94. The van der Waals surface area contributed by atoms with E-state index in [1.807, 2.05) is 48.1 Å². The summed E-state index contributed by atoms with van der Waals surface area (Å²) < 4.78 is 1.83. The van der Waals surface area contributed by atoms with E-state index >= 15 is 0 Å². The van der Waals surface area contributed by atoms with Crippen LogP contribution >= 0.6 is 0 Å². The maximum Gasteiger partial charge on any atom is 0.223 e. The largest absolute Gasteiger partial charge is 0.349 e. The Morgan fingerprint density at radius 3 is 2.96 bits per heavy atom. The van der Waals surface area contributed by atoms with E-state index < -0.39 is 0 Å². The fourth-order valence-corrected chi connectivity index (χ4v) is 3.54. The van der Waals surface area contributed by atoms with E-state index in [0.29, 0.717) is 12.5 Å². The van der Waals surface area contributed by atoms with E-state index in [-0.39, 0.29) is 17.9 Å². The molecule has 1 aliphatic rings. The van der Waals surface area contributed by atoms with Gasteiger partial charge in [-0.2, -0.15) is 5.10 Å². The normalized spacial score (nSPS) is 22.0. The predicted octanol–water partition coefficient (Wildman–Crippen LogP) is 2.42. The number of nitrogens with one attached hydrogen (secondary N) is 1. The van der Waals surface area contributed by atoms with Crippen molar-refractivity contribution in [3.8, 4) is 5.69 Å². The van der Waals surface area contributed by atoms with Gasteiger partial charge in [-0.05, 0) is 49.9 Å². The Hall–Kier alpha value is -2.14. The van der Waals surface area contributed by atoms with E-state index in [2.05, 4.69) is 10.4 Å². The van der Waals surface area contributed by atoms with Crippen LogP contribution < -0.4 is 11.1 Å². The minimum absolute atomic E-state index is 0.0549. The number of carbonyl (C=O) groups excluding carboxylic acids is 1. The quantitative estimate of drug-likeness (QED) is 0.890. The fraction of sp³-hybridized carbons (Fsp3) is 0.444. The maximum atomic E-state index is 12.6. The smallest absolute Gasteiger partial charge is 0.223 e. The van der Waals surface area contributed by atoms with Gasteiger partial charge >= 0.3 is 0 Å². The van der Waals surface area contributed by atoms with Gasteiger partial charge in [-0.1, -0.05) is 24.6 Å². The minimum atomic E-state index is -0.0677. The van der Waals surface area contributed by atoms with Gasteiger partial charge in [0.2, 0.25) is 5.91 Å². The van der Waals surface area contributed by atoms with Gasteiger partial charge in [0, 0.05) is 18.3 Å². The number of benzene rings is 1. The van der Waals surface area contributed by atoms with E-state index in [9.17, 15) is 4.79 Å². The monoisotopic (exact) mass is 312 g/mol. The molecular weight excluding hydrogens is 288 g/mol. The third-order valence-corrected chi connectivity index (χ3v) is 4.81. The van der Waals surface area contributed by atoms with Crippen LogP contribution in [0.4, 0.5) is 0 Å². The summed E-state index contributed by atoms with van der Waals surface area (Å²) in [7, 11) is 0. The Balaban J connectivity index is 1.76. The third kappa shape index (κ3) is 3.29. The molecule has 5 nitrogen and oxygen atoms in total. The van der Waals surface area contributed by atoms with Gasteiger partial charge < -0.3 is 11.1 Å². The minimum Gasteiger partial charge on any atom is -0.349 e. The Kier molecular flexibility index (Phi) is 4.76. The zero-order valence-electron chi connectivity index (χ0n) is 13.5. The standard InChI is InChI=1S/C18H24N4O/c1-13(21-18(23)16-8-4-6-14(16)12-19)15-7-2-3-9-17(15)22-11-5-10-20-22/h2-3,5,7,9-11,13-14,16H,4,6,8,12,19H2,1H3,(H,21,23)/t13?,14-,16-/m1/s1. The lowest BCUT2D eigenvalue weighted by Gasteiger charge is -2.22. The first kappa shape index (κ1) is 15.7. The Bertz CT molecular complexity index is 653. The molecule has 0 bridgehead atoms. The van der Waals surface area contributed by atoms with E-state index in [0.717, 1.165) is 30.5 Å². The van der Waals surface area contributed by atoms with Gasteiger partial charge in [0.15, 0.2) is 0 Å². The van der Waals surface area contributed by atoms with E-state index in [4.69, 9.17) is 5.73 Å². The number of aromatic nitrogens is 2. The molecule has 1 aromatic heterocycles. The lowest BCUT2D eigenvalue weighted by Crippen LogP contribution is -2.36. The van der Waals surface area contributed by atoms with E-state index in [1.165, 1.54) is 0 Å². The molecule has 5 heteroatoms. The van der Waals surface area contributed by atoms with Crippen molar-refractivity contribution in [3.05, 3.63) is 48.3 Å². The molecule has 1 aliphatic carbocycles. The molecule has 23 heavy (non-hydrogen) atoms. The Morgan fingerprint density at radius 1 is 1.39 bits per heavy atom. The predicted molar refractivity (Wildman–Crippen MR) is 90.0 cm³/mol. The molecule has 1 unspecified atom stereocenters. The summed E-state index contributed by atoms with van der Waals surface area (Å²) in [6.07, 6.45) is 6.77. The Labute approximate surface area is 136 Å².